The second kappa shape index (κ2) is 7.19. The molecular formula is C14H23N5O. The van der Waals surface area contributed by atoms with Gasteiger partial charge in [0.15, 0.2) is 0 Å². The second-order valence-electron chi connectivity index (χ2n) is 5.12. The van der Waals surface area contributed by atoms with Crippen LogP contribution in [0.15, 0.2) is 18.6 Å². The van der Waals surface area contributed by atoms with Crippen LogP contribution in [0.4, 0.5) is 5.82 Å². The van der Waals surface area contributed by atoms with Gasteiger partial charge >= 0.3 is 0 Å². The van der Waals surface area contributed by atoms with Crippen LogP contribution in [0.25, 0.3) is 0 Å². The van der Waals surface area contributed by atoms with Gasteiger partial charge in [-0.15, -0.1) is 0 Å². The minimum Gasteiger partial charge on any atom is -0.352 e. The Balaban J connectivity index is 1.78. The van der Waals surface area contributed by atoms with Crippen LogP contribution in [0.5, 0.6) is 0 Å². The van der Waals surface area contributed by atoms with E-state index in [2.05, 4.69) is 34.0 Å². The molecule has 0 radical (unpaired) electrons. The Morgan fingerprint density at radius 3 is 2.70 bits per heavy atom. The summed E-state index contributed by atoms with van der Waals surface area (Å²) in [5.41, 5.74) is 0. The zero-order valence-electron chi connectivity index (χ0n) is 12.2. The van der Waals surface area contributed by atoms with Gasteiger partial charge in [-0.1, -0.05) is 6.92 Å². The monoisotopic (exact) mass is 277 g/mol. The van der Waals surface area contributed by atoms with Crippen LogP contribution in [-0.2, 0) is 4.79 Å². The highest BCUT2D eigenvalue weighted by Crippen LogP contribution is 2.11. The van der Waals surface area contributed by atoms with Crippen LogP contribution < -0.4 is 10.2 Å². The maximum absolute atomic E-state index is 12.1. The number of anilines is 1. The molecule has 1 amide bonds. The number of rotatable bonds is 5. The number of hydrogen-bond acceptors (Lipinski definition) is 5. The molecule has 0 bridgehead atoms. The molecule has 6 nitrogen and oxygen atoms in total. The summed E-state index contributed by atoms with van der Waals surface area (Å²) in [5, 5.41) is 3.25. The van der Waals surface area contributed by atoms with E-state index in [-0.39, 0.29) is 5.91 Å². The van der Waals surface area contributed by atoms with E-state index in [1.807, 2.05) is 4.90 Å². The van der Waals surface area contributed by atoms with E-state index in [1.165, 1.54) is 0 Å². The molecule has 1 aromatic heterocycles. The van der Waals surface area contributed by atoms with Gasteiger partial charge in [-0.3, -0.25) is 9.78 Å². The fourth-order valence-corrected chi connectivity index (χ4v) is 2.16. The van der Waals surface area contributed by atoms with Crippen molar-refractivity contribution in [1.29, 1.82) is 0 Å². The lowest BCUT2D eigenvalue weighted by Gasteiger charge is -2.35. The highest BCUT2D eigenvalue weighted by Gasteiger charge is 2.21. The number of hydrogen-bond donors (Lipinski definition) is 1. The molecule has 0 spiro atoms. The second-order valence-corrected chi connectivity index (χ2v) is 5.12. The summed E-state index contributed by atoms with van der Waals surface area (Å²) in [5.74, 6) is 1.07. The Morgan fingerprint density at radius 1 is 1.35 bits per heavy atom. The quantitative estimate of drug-likeness (QED) is 0.850. The highest BCUT2D eigenvalue weighted by atomic mass is 16.2. The molecule has 1 aliphatic rings. The molecule has 0 saturated carbocycles. The van der Waals surface area contributed by atoms with Crippen molar-refractivity contribution in [3.63, 3.8) is 0 Å². The van der Waals surface area contributed by atoms with Crippen LogP contribution >= 0.6 is 0 Å². The molecule has 1 unspecified atom stereocenters. The van der Waals surface area contributed by atoms with Gasteiger partial charge in [0, 0.05) is 44.6 Å². The fourth-order valence-electron chi connectivity index (χ4n) is 2.16. The first-order chi connectivity index (χ1) is 9.70. The van der Waals surface area contributed by atoms with E-state index >= 15 is 0 Å². The van der Waals surface area contributed by atoms with E-state index in [0.29, 0.717) is 12.6 Å². The molecule has 1 aliphatic heterocycles. The van der Waals surface area contributed by atoms with Crippen molar-refractivity contribution in [1.82, 2.24) is 20.2 Å². The molecule has 2 rings (SSSR count). The summed E-state index contributed by atoms with van der Waals surface area (Å²) in [6.45, 7) is 7.76. The maximum atomic E-state index is 12.1. The molecule has 0 aromatic carbocycles. The van der Waals surface area contributed by atoms with Crippen LogP contribution in [0.2, 0.25) is 0 Å². The minimum absolute atomic E-state index is 0.184. The number of piperazine rings is 1. The fraction of sp³-hybridized carbons (Fsp3) is 0.643. The Morgan fingerprint density at radius 2 is 2.10 bits per heavy atom. The number of carbonyl (C=O) groups excluding carboxylic acids is 1. The minimum atomic E-state index is 0.184. The first-order valence-corrected chi connectivity index (χ1v) is 7.22. The van der Waals surface area contributed by atoms with Gasteiger partial charge in [-0.05, 0) is 13.3 Å². The van der Waals surface area contributed by atoms with Crippen molar-refractivity contribution < 1.29 is 4.79 Å². The predicted octanol–water partition coefficient (Wildman–Crippen LogP) is 0.513. The Labute approximate surface area is 120 Å². The summed E-state index contributed by atoms with van der Waals surface area (Å²) < 4.78 is 0. The third kappa shape index (κ3) is 3.90. The van der Waals surface area contributed by atoms with Crippen molar-refractivity contribution >= 4 is 11.7 Å². The summed E-state index contributed by atoms with van der Waals surface area (Å²) >= 11 is 0. The Hall–Kier alpha value is -1.69. The standard InChI is InChI=1S/C14H23N5O/c1-3-12(2)17-11-14(20)19-8-6-18(7-9-19)13-10-15-4-5-16-13/h4-5,10,12,17H,3,6-9,11H2,1-2H3. The first-order valence-electron chi connectivity index (χ1n) is 7.22. The third-order valence-corrected chi connectivity index (χ3v) is 3.72. The van der Waals surface area contributed by atoms with E-state index in [1.54, 1.807) is 18.6 Å². The Bertz CT molecular complexity index is 417. The van der Waals surface area contributed by atoms with E-state index in [4.69, 9.17) is 0 Å². The first kappa shape index (κ1) is 14.7. The van der Waals surface area contributed by atoms with Gasteiger partial charge < -0.3 is 15.1 Å². The lowest BCUT2D eigenvalue weighted by molar-refractivity contribution is -0.130. The SMILES string of the molecule is CCC(C)NCC(=O)N1CCN(c2cnccn2)CC1. The number of carbonyl (C=O) groups is 1. The van der Waals surface area contributed by atoms with Crippen molar-refractivity contribution in [2.45, 2.75) is 26.3 Å². The zero-order chi connectivity index (χ0) is 14.4. The van der Waals surface area contributed by atoms with Crippen molar-refractivity contribution in [2.24, 2.45) is 0 Å². The van der Waals surface area contributed by atoms with Crippen LogP contribution in [-0.4, -0.2) is 59.5 Å². The number of amides is 1. The molecule has 20 heavy (non-hydrogen) atoms. The van der Waals surface area contributed by atoms with Gasteiger partial charge in [0.1, 0.15) is 5.82 Å². The normalized spacial score (nSPS) is 17.1. The average molecular weight is 277 g/mol. The van der Waals surface area contributed by atoms with Crippen molar-refractivity contribution in [3.8, 4) is 0 Å². The summed E-state index contributed by atoms with van der Waals surface area (Å²) in [6.07, 6.45) is 6.17. The molecule has 1 N–H and O–H groups in total. The molecule has 1 saturated heterocycles. The number of aromatic nitrogens is 2. The van der Waals surface area contributed by atoms with Gasteiger partial charge in [0.25, 0.3) is 0 Å². The summed E-state index contributed by atoms with van der Waals surface area (Å²) in [7, 11) is 0. The lowest BCUT2D eigenvalue weighted by atomic mass is 10.2. The molecule has 1 aromatic rings. The summed E-state index contributed by atoms with van der Waals surface area (Å²) in [4.78, 5) is 24.5. The van der Waals surface area contributed by atoms with Crippen LogP contribution in [0.3, 0.4) is 0 Å². The van der Waals surface area contributed by atoms with E-state index in [9.17, 15) is 4.79 Å². The summed E-state index contributed by atoms with van der Waals surface area (Å²) in [6, 6.07) is 0.389. The van der Waals surface area contributed by atoms with Gasteiger partial charge in [-0.25, -0.2) is 4.98 Å². The van der Waals surface area contributed by atoms with Gasteiger partial charge in [0.05, 0.1) is 12.7 Å². The Kier molecular flexibility index (Phi) is 5.29. The van der Waals surface area contributed by atoms with Crippen molar-refractivity contribution in [2.75, 3.05) is 37.6 Å². The van der Waals surface area contributed by atoms with Gasteiger partial charge in [-0.2, -0.15) is 0 Å². The molecule has 2 heterocycles. The molecule has 1 fully saturated rings. The topological polar surface area (TPSA) is 61.4 Å². The van der Waals surface area contributed by atoms with Crippen LogP contribution in [0, 0.1) is 0 Å². The molecule has 1 atom stereocenters. The zero-order valence-corrected chi connectivity index (χ0v) is 12.2. The predicted molar refractivity (Wildman–Crippen MR) is 78.6 cm³/mol. The highest BCUT2D eigenvalue weighted by molar-refractivity contribution is 5.78. The lowest BCUT2D eigenvalue weighted by Crippen LogP contribution is -2.51. The molecule has 0 aliphatic carbocycles. The molecule has 6 heteroatoms. The maximum Gasteiger partial charge on any atom is 0.236 e. The number of nitrogens with one attached hydrogen (secondary N) is 1. The number of nitrogens with zero attached hydrogens (tertiary/aromatic N) is 4. The smallest absolute Gasteiger partial charge is 0.236 e. The van der Waals surface area contributed by atoms with Gasteiger partial charge in [0.2, 0.25) is 5.91 Å². The third-order valence-electron chi connectivity index (χ3n) is 3.72. The molecule has 110 valence electrons. The van der Waals surface area contributed by atoms with E-state index in [0.717, 1.165) is 38.4 Å². The largest absolute Gasteiger partial charge is 0.352 e. The van der Waals surface area contributed by atoms with Crippen LogP contribution in [0.1, 0.15) is 20.3 Å². The molecular weight excluding hydrogens is 254 g/mol. The average Bonchev–Trinajstić information content (AvgIpc) is 2.53. The van der Waals surface area contributed by atoms with E-state index < -0.39 is 0 Å². The van der Waals surface area contributed by atoms with Crippen molar-refractivity contribution in [3.05, 3.63) is 18.6 Å².